The normalized spacial score (nSPS) is 10.8. The van der Waals surface area contributed by atoms with Crippen molar-refractivity contribution in [1.29, 1.82) is 0 Å². The molecule has 0 aliphatic carbocycles. The van der Waals surface area contributed by atoms with Crippen molar-refractivity contribution in [3.05, 3.63) is 29.6 Å². The smallest absolute Gasteiger partial charge is 0.197 e. The number of hydrogen-bond acceptors (Lipinski definition) is 3. The molecule has 0 unspecified atom stereocenters. The number of nitrogens with zero attached hydrogens (tertiary/aromatic N) is 1. The number of benzene rings is 1. The number of fused-ring (bicyclic) bond motifs is 1. The third kappa shape index (κ3) is 1.76. The van der Waals surface area contributed by atoms with Crippen molar-refractivity contribution in [3.8, 4) is 0 Å². The summed E-state index contributed by atoms with van der Waals surface area (Å²) in [7, 11) is 0. The van der Waals surface area contributed by atoms with Crippen molar-refractivity contribution in [2.75, 3.05) is 0 Å². The minimum atomic E-state index is 0.0282. The molecule has 3 N–H and O–H groups in total. The molecule has 2 rings (SSSR count). The largest absolute Gasteiger partial charge is 0.335 e. The molecule has 2 aromatic rings. The van der Waals surface area contributed by atoms with E-state index in [9.17, 15) is 4.79 Å². The van der Waals surface area contributed by atoms with E-state index in [0.717, 1.165) is 16.6 Å². The summed E-state index contributed by atoms with van der Waals surface area (Å²) in [5.74, 6) is 0.460. The maximum atomic E-state index is 11.4. The van der Waals surface area contributed by atoms with E-state index in [1.807, 2.05) is 25.1 Å². The van der Waals surface area contributed by atoms with Crippen LogP contribution < -0.4 is 5.73 Å². The van der Waals surface area contributed by atoms with E-state index in [0.29, 0.717) is 18.8 Å². The lowest BCUT2D eigenvalue weighted by Gasteiger charge is -1.94. The molecule has 4 heteroatoms. The molecule has 1 heterocycles. The van der Waals surface area contributed by atoms with Gasteiger partial charge in [0.1, 0.15) is 0 Å². The van der Waals surface area contributed by atoms with E-state index < -0.39 is 0 Å². The first-order valence-electron chi connectivity index (χ1n) is 4.96. The number of ketones is 1. The maximum absolute atomic E-state index is 11.4. The van der Waals surface area contributed by atoms with Crippen molar-refractivity contribution in [2.45, 2.75) is 19.9 Å². The predicted molar refractivity (Wildman–Crippen MR) is 58.6 cm³/mol. The van der Waals surface area contributed by atoms with Crippen LogP contribution in [-0.2, 0) is 6.54 Å². The zero-order valence-electron chi connectivity index (χ0n) is 8.58. The summed E-state index contributed by atoms with van der Waals surface area (Å²) < 4.78 is 0. The Morgan fingerprint density at radius 3 is 3.00 bits per heavy atom. The van der Waals surface area contributed by atoms with Gasteiger partial charge < -0.3 is 10.7 Å². The Labute approximate surface area is 87.5 Å². The molecule has 78 valence electrons. The van der Waals surface area contributed by atoms with Crippen LogP contribution in [0.2, 0.25) is 0 Å². The monoisotopic (exact) mass is 203 g/mol. The fourth-order valence-electron chi connectivity index (χ4n) is 1.48. The second kappa shape index (κ2) is 3.82. The molecule has 0 amide bonds. The highest BCUT2D eigenvalue weighted by Crippen LogP contribution is 2.14. The van der Waals surface area contributed by atoms with E-state index >= 15 is 0 Å². The van der Waals surface area contributed by atoms with Crippen LogP contribution in [0.15, 0.2) is 18.2 Å². The van der Waals surface area contributed by atoms with E-state index in [-0.39, 0.29) is 5.78 Å². The van der Waals surface area contributed by atoms with Gasteiger partial charge in [-0.3, -0.25) is 4.79 Å². The highest BCUT2D eigenvalue weighted by molar-refractivity contribution is 5.95. The Bertz CT molecular complexity index is 502. The Kier molecular flexibility index (Phi) is 2.51. The maximum Gasteiger partial charge on any atom is 0.197 e. The molecule has 1 aromatic heterocycles. The van der Waals surface area contributed by atoms with Crippen LogP contribution >= 0.6 is 0 Å². The topological polar surface area (TPSA) is 71.8 Å². The van der Waals surface area contributed by atoms with Crippen LogP contribution in [0.5, 0.6) is 0 Å². The van der Waals surface area contributed by atoms with Gasteiger partial charge in [0, 0.05) is 13.0 Å². The molecule has 4 nitrogen and oxygen atoms in total. The number of nitrogens with two attached hydrogens (primary N) is 1. The van der Waals surface area contributed by atoms with Crippen LogP contribution in [0, 0.1) is 0 Å². The molecule has 0 fully saturated rings. The number of aromatic nitrogens is 2. The number of H-pyrrole nitrogens is 1. The summed E-state index contributed by atoms with van der Waals surface area (Å²) in [6, 6.07) is 5.72. The Hall–Kier alpha value is -1.68. The highest BCUT2D eigenvalue weighted by atomic mass is 16.1. The first-order chi connectivity index (χ1) is 7.24. The minimum absolute atomic E-state index is 0.0282. The molecule has 0 aliphatic heterocycles. The van der Waals surface area contributed by atoms with Gasteiger partial charge in [-0.2, -0.15) is 0 Å². The Balaban J connectivity index is 2.51. The molecule has 1 aromatic carbocycles. The summed E-state index contributed by atoms with van der Waals surface area (Å²) in [5.41, 5.74) is 8.24. The number of carbonyl (C=O) groups is 1. The second-order valence-electron chi connectivity index (χ2n) is 3.42. The summed E-state index contributed by atoms with van der Waals surface area (Å²) in [6.45, 7) is 2.31. The molecule has 0 atom stereocenters. The number of nitrogens with one attached hydrogen (secondary N) is 1. The lowest BCUT2D eigenvalue weighted by molar-refractivity contribution is 0.0979. The van der Waals surface area contributed by atoms with Crippen LogP contribution in [0.3, 0.4) is 0 Å². The number of hydrogen-bond donors (Lipinski definition) is 2. The fraction of sp³-hybridized carbons (Fsp3) is 0.273. The predicted octanol–water partition coefficient (Wildman–Crippen LogP) is 1.61. The van der Waals surface area contributed by atoms with Crippen molar-refractivity contribution in [2.24, 2.45) is 5.73 Å². The summed E-state index contributed by atoms with van der Waals surface area (Å²) in [5, 5.41) is 0. The molecule has 0 aliphatic rings. The van der Waals surface area contributed by atoms with Gasteiger partial charge >= 0.3 is 0 Å². The van der Waals surface area contributed by atoms with Gasteiger partial charge in [-0.1, -0.05) is 13.0 Å². The Morgan fingerprint density at radius 2 is 2.33 bits per heavy atom. The van der Waals surface area contributed by atoms with Crippen molar-refractivity contribution in [3.63, 3.8) is 0 Å². The quantitative estimate of drug-likeness (QED) is 0.744. The Morgan fingerprint density at radius 1 is 1.53 bits per heavy atom. The average Bonchev–Trinajstić information content (AvgIpc) is 2.70. The molecular weight excluding hydrogens is 190 g/mol. The van der Waals surface area contributed by atoms with Gasteiger partial charge in [0.05, 0.1) is 11.0 Å². The van der Waals surface area contributed by atoms with E-state index in [1.54, 1.807) is 0 Å². The van der Waals surface area contributed by atoms with Crippen molar-refractivity contribution >= 4 is 16.8 Å². The van der Waals surface area contributed by atoms with E-state index in [1.165, 1.54) is 0 Å². The molecule has 15 heavy (non-hydrogen) atoms. The van der Waals surface area contributed by atoms with Crippen molar-refractivity contribution < 1.29 is 4.79 Å². The van der Waals surface area contributed by atoms with Gasteiger partial charge in [0.15, 0.2) is 11.6 Å². The number of Topliss-reactive ketones (excluding diaryl/α,β-unsaturated/α-hetero) is 1. The zero-order valence-corrected chi connectivity index (χ0v) is 8.58. The van der Waals surface area contributed by atoms with E-state index in [4.69, 9.17) is 5.73 Å². The average molecular weight is 203 g/mol. The number of rotatable bonds is 3. The minimum Gasteiger partial charge on any atom is -0.335 e. The van der Waals surface area contributed by atoms with Gasteiger partial charge in [-0.05, 0) is 17.7 Å². The fourth-order valence-corrected chi connectivity index (χ4v) is 1.48. The zero-order chi connectivity index (χ0) is 10.8. The van der Waals surface area contributed by atoms with Crippen LogP contribution in [0.4, 0.5) is 0 Å². The molecule has 0 spiro atoms. The van der Waals surface area contributed by atoms with Gasteiger partial charge in [0.2, 0.25) is 0 Å². The number of aromatic amines is 1. The van der Waals surface area contributed by atoms with Crippen LogP contribution in [-0.4, -0.2) is 15.8 Å². The number of carbonyl (C=O) groups excluding carboxylic acids is 1. The highest BCUT2D eigenvalue weighted by Gasteiger charge is 2.08. The first kappa shape index (κ1) is 9.86. The standard InChI is InChI=1S/C11H13N3O/c1-2-10(15)11-13-8-4-3-7(6-12)5-9(8)14-11/h3-5H,2,6,12H2,1H3,(H,13,14). The summed E-state index contributed by atoms with van der Waals surface area (Å²) in [6.07, 6.45) is 0.462. The van der Waals surface area contributed by atoms with Gasteiger partial charge in [-0.25, -0.2) is 4.98 Å². The molecule has 0 saturated heterocycles. The van der Waals surface area contributed by atoms with E-state index in [2.05, 4.69) is 9.97 Å². The summed E-state index contributed by atoms with van der Waals surface area (Å²) in [4.78, 5) is 18.6. The van der Waals surface area contributed by atoms with Crippen LogP contribution in [0.1, 0.15) is 29.5 Å². The van der Waals surface area contributed by atoms with Crippen LogP contribution in [0.25, 0.3) is 11.0 Å². The molecule has 0 bridgehead atoms. The first-order valence-corrected chi connectivity index (χ1v) is 4.96. The third-order valence-electron chi connectivity index (χ3n) is 2.37. The lowest BCUT2D eigenvalue weighted by atomic mass is 10.2. The molecule has 0 saturated carbocycles. The molecular formula is C11H13N3O. The van der Waals surface area contributed by atoms with Gasteiger partial charge in [-0.15, -0.1) is 0 Å². The lowest BCUT2D eigenvalue weighted by Crippen LogP contribution is -1.98. The number of imidazole rings is 1. The van der Waals surface area contributed by atoms with Gasteiger partial charge in [0.25, 0.3) is 0 Å². The van der Waals surface area contributed by atoms with Crippen molar-refractivity contribution in [1.82, 2.24) is 9.97 Å². The SMILES string of the molecule is CCC(=O)c1nc2ccc(CN)cc2[nH]1. The summed E-state index contributed by atoms with van der Waals surface area (Å²) >= 11 is 0. The third-order valence-corrected chi connectivity index (χ3v) is 2.37. The second-order valence-corrected chi connectivity index (χ2v) is 3.42. The molecule has 0 radical (unpaired) electrons.